The summed E-state index contributed by atoms with van der Waals surface area (Å²) in [5.74, 6) is -0.289. The van der Waals surface area contributed by atoms with Crippen LogP contribution >= 0.6 is 0 Å². The second kappa shape index (κ2) is 7.35. The van der Waals surface area contributed by atoms with E-state index in [-0.39, 0.29) is 22.8 Å². The molecule has 1 unspecified atom stereocenters. The van der Waals surface area contributed by atoms with Crippen LogP contribution < -0.4 is 0 Å². The highest BCUT2D eigenvalue weighted by atomic mass is 32.2. The maximum absolute atomic E-state index is 12.5. The molecule has 0 aliphatic heterocycles. The molecule has 0 N–H and O–H groups in total. The normalized spacial score (nSPS) is 17.8. The minimum Gasteiger partial charge on any atom is -0.296 e. The van der Waals surface area contributed by atoms with Crippen molar-refractivity contribution >= 4 is 21.6 Å². The van der Waals surface area contributed by atoms with Crippen LogP contribution in [0.2, 0.25) is 0 Å². The fraction of sp³-hybridized carbons (Fsp3) is 0.278. The zero-order valence-electron chi connectivity index (χ0n) is 13.8. The molecule has 136 valence electrons. The van der Waals surface area contributed by atoms with Gasteiger partial charge in [0.2, 0.25) is 0 Å². The number of nitro groups is 1. The summed E-state index contributed by atoms with van der Waals surface area (Å²) >= 11 is 0. The Morgan fingerprint density at radius 1 is 1.04 bits per heavy atom. The van der Waals surface area contributed by atoms with Crippen molar-refractivity contribution in [1.82, 2.24) is 0 Å². The Kier molecular flexibility index (Phi) is 5.15. The number of carbonyl (C=O) groups is 1. The molecule has 0 spiro atoms. The van der Waals surface area contributed by atoms with Crippen molar-refractivity contribution < 1.29 is 22.3 Å². The van der Waals surface area contributed by atoms with E-state index in [1.165, 1.54) is 0 Å². The molecule has 0 aromatic heterocycles. The highest BCUT2D eigenvalue weighted by molar-refractivity contribution is 7.86. The summed E-state index contributed by atoms with van der Waals surface area (Å²) in [5, 5.41) is 10.7. The Balaban J connectivity index is 1.78. The van der Waals surface area contributed by atoms with E-state index in [1.54, 1.807) is 0 Å². The van der Waals surface area contributed by atoms with Gasteiger partial charge in [-0.3, -0.25) is 19.1 Å². The van der Waals surface area contributed by atoms with Crippen LogP contribution in [0.1, 0.15) is 24.0 Å². The van der Waals surface area contributed by atoms with Gasteiger partial charge in [-0.05, 0) is 42.5 Å². The van der Waals surface area contributed by atoms with E-state index in [2.05, 4.69) is 0 Å². The largest absolute Gasteiger partial charge is 0.297 e. The fourth-order valence-corrected chi connectivity index (χ4v) is 4.05. The molecule has 0 saturated carbocycles. The molecule has 1 aliphatic rings. The van der Waals surface area contributed by atoms with Gasteiger partial charge >= 0.3 is 0 Å². The van der Waals surface area contributed by atoms with Gasteiger partial charge in [-0.15, -0.1) is 0 Å². The van der Waals surface area contributed by atoms with Crippen molar-refractivity contribution in [2.75, 3.05) is 0 Å². The topological polar surface area (TPSA) is 104 Å². The second-order valence-electron chi connectivity index (χ2n) is 6.09. The summed E-state index contributed by atoms with van der Waals surface area (Å²) in [6.07, 6.45) is 0.753. The minimum atomic E-state index is -4.18. The van der Waals surface area contributed by atoms with Crippen molar-refractivity contribution in [2.24, 2.45) is 0 Å². The molecule has 1 atom stereocenters. The molecule has 2 aromatic rings. The zero-order valence-corrected chi connectivity index (χ0v) is 14.6. The Morgan fingerprint density at radius 3 is 2.35 bits per heavy atom. The van der Waals surface area contributed by atoms with Crippen molar-refractivity contribution in [3.8, 4) is 0 Å². The predicted octanol–water partition coefficient (Wildman–Crippen LogP) is 2.82. The van der Waals surface area contributed by atoms with E-state index < -0.39 is 21.1 Å². The summed E-state index contributed by atoms with van der Waals surface area (Å²) < 4.78 is 30.0. The number of carbonyl (C=O) groups excluding carboxylic acids is 1. The standard InChI is InChI=1S/C18H17NO6S/c20-17-12-14-5-2-1-4-13(14)6-3-7-18(17)25-26(23,24)16-10-8-15(9-11-16)19(21)22/h1-2,4-5,8-11,18H,3,6-7,12H2. The third kappa shape index (κ3) is 3.97. The fourth-order valence-electron chi connectivity index (χ4n) is 2.96. The molecule has 7 nitrogen and oxygen atoms in total. The highest BCUT2D eigenvalue weighted by Gasteiger charge is 2.29. The monoisotopic (exact) mass is 375 g/mol. The van der Waals surface area contributed by atoms with Gasteiger partial charge in [-0.2, -0.15) is 8.42 Å². The first-order chi connectivity index (χ1) is 12.4. The number of hydrogen-bond donors (Lipinski definition) is 0. The molecule has 0 amide bonds. The first-order valence-corrected chi connectivity index (χ1v) is 9.55. The molecular weight excluding hydrogens is 358 g/mol. The third-order valence-corrected chi connectivity index (χ3v) is 5.67. The van der Waals surface area contributed by atoms with Crippen LogP contribution in [0.25, 0.3) is 0 Å². The average Bonchev–Trinajstić information content (AvgIpc) is 2.61. The molecule has 0 heterocycles. The lowest BCUT2D eigenvalue weighted by atomic mass is 9.91. The summed E-state index contributed by atoms with van der Waals surface area (Å²) in [6.45, 7) is 0. The number of fused-ring (bicyclic) bond motifs is 1. The molecule has 0 radical (unpaired) electrons. The number of aryl methyl sites for hydroxylation is 1. The number of ketones is 1. The van der Waals surface area contributed by atoms with E-state index >= 15 is 0 Å². The van der Waals surface area contributed by atoms with Gasteiger partial charge in [0.1, 0.15) is 6.10 Å². The maximum atomic E-state index is 12.5. The first-order valence-electron chi connectivity index (χ1n) is 8.14. The molecule has 0 saturated heterocycles. The van der Waals surface area contributed by atoms with Crippen LogP contribution in [0, 0.1) is 10.1 Å². The van der Waals surface area contributed by atoms with E-state index in [1.807, 2.05) is 24.3 Å². The summed E-state index contributed by atoms with van der Waals surface area (Å²) in [7, 11) is -4.18. The number of hydrogen-bond acceptors (Lipinski definition) is 6. The molecule has 8 heteroatoms. The van der Waals surface area contributed by atoms with E-state index in [9.17, 15) is 23.3 Å². The summed E-state index contributed by atoms with van der Waals surface area (Å²) in [4.78, 5) is 22.3. The lowest BCUT2D eigenvalue weighted by Crippen LogP contribution is -2.30. The number of Topliss-reactive ketones (excluding diaryl/α,β-unsaturated/α-hetero) is 1. The Bertz CT molecular complexity index is 936. The molecule has 0 bridgehead atoms. The average molecular weight is 375 g/mol. The smallest absolute Gasteiger partial charge is 0.296 e. The van der Waals surface area contributed by atoms with Crippen molar-refractivity contribution in [3.63, 3.8) is 0 Å². The third-order valence-electron chi connectivity index (χ3n) is 4.33. The number of rotatable bonds is 4. The van der Waals surface area contributed by atoms with Gasteiger partial charge in [0.15, 0.2) is 5.78 Å². The first kappa shape index (κ1) is 18.2. The van der Waals surface area contributed by atoms with Crippen LogP contribution in [0.15, 0.2) is 53.4 Å². The predicted molar refractivity (Wildman–Crippen MR) is 93.2 cm³/mol. The molecule has 1 aliphatic carbocycles. The van der Waals surface area contributed by atoms with Crippen LogP contribution in [0.4, 0.5) is 5.69 Å². The number of benzene rings is 2. The van der Waals surface area contributed by atoms with Gasteiger partial charge in [0, 0.05) is 18.6 Å². The van der Waals surface area contributed by atoms with E-state index in [0.29, 0.717) is 12.8 Å². The number of nitro benzene ring substituents is 1. The summed E-state index contributed by atoms with van der Waals surface area (Å²) in [5.41, 5.74) is 1.76. The number of nitrogens with zero attached hydrogens (tertiary/aromatic N) is 1. The minimum absolute atomic E-state index is 0.122. The van der Waals surface area contributed by atoms with Crippen molar-refractivity contribution in [1.29, 1.82) is 0 Å². The second-order valence-corrected chi connectivity index (χ2v) is 7.67. The highest BCUT2D eigenvalue weighted by Crippen LogP contribution is 2.24. The van der Waals surface area contributed by atoms with Gasteiger partial charge < -0.3 is 0 Å². The molecular formula is C18H17NO6S. The SMILES string of the molecule is O=C1Cc2ccccc2CCCC1OS(=O)(=O)c1ccc([N+](=O)[O-])cc1. The molecule has 0 fully saturated rings. The Labute approximate surface area is 150 Å². The van der Waals surface area contributed by atoms with E-state index in [0.717, 1.165) is 41.8 Å². The van der Waals surface area contributed by atoms with Crippen LogP contribution in [0.5, 0.6) is 0 Å². The quantitative estimate of drug-likeness (QED) is 0.462. The van der Waals surface area contributed by atoms with Crippen molar-refractivity contribution in [2.45, 2.75) is 36.7 Å². The zero-order chi connectivity index (χ0) is 18.7. The molecule has 3 rings (SSSR count). The van der Waals surface area contributed by atoms with Crippen molar-refractivity contribution in [3.05, 3.63) is 69.8 Å². The summed E-state index contributed by atoms with van der Waals surface area (Å²) in [6, 6.07) is 12.0. The van der Waals surface area contributed by atoms with E-state index in [4.69, 9.17) is 4.18 Å². The number of non-ortho nitro benzene ring substituents is 1. The Morgan fingerprint density at radius 2 is 1.69 bits per heavy atom. The van der Waals surface area contributed by atoms with Crippen LogP contribution in [0.3, 0.4) is 0 Å². The van der Waals surface area contributed by atoms with Gasteiger partial charge in [0.25, 0.3) is 15.8 Å². The maximum Gasteiger partial charge on any atom is 0.297 e. The lowest BCUT2D eigenvalue weighted by molar-refractivity contribution is -0.384. The van der Waals surface area contributed by atoms with Gasteiger partial charge in [-0.1, -0.05) is 24.3 Å². The Hall–Kier alpha value is -2.58. The lowest BCUT2D eigenvalue weighted by Gasteiger charge is -2.20. The molecule has 26 heavy (non-hydrogen) atoms. The van der Waals surface area contributed by atoms with Gasteiger partial charge in [-0.25, -0.2) is 0 Å². The van der Waals surface area contributed by atoms with Crippen LogP contribution in [-0.4, -0.2) is 25.2 Å². The van der Waals surface area contributed by atoms with Crippen LogP contribution in [-0.2, 0) is 31.9 Å². The molecule has 2 aromatic carbocycles. The van der Waals surface area contributed by atoms with Gasteiger partial charge in [0.05, 0.1) is 9.82 Å².